The van der Waals surface area contributed by atoms with Gasteiger partial charge < -0.3 is 9.47 Å². The summed E-state index contributed by atoms with van der Waals surface area (Å²) in [5.41, 5.74) is 1.37. The standard InChI is InChI=1S/C20H19BrClNO4S/c1-3-26-16-9-12(8-15(21)18(16)27-4-2)10-17-19(24)23(20(25)28-17)14-7-5-6-13(22)11-14/h5-9,11,17H,3-4,10H2,1-2H3/t17-/m1/s1. The number of thioether (sulfide) groups is 1. The number of carbonyl (C=O) groups excluding carboxylic acids is 2. The first-order chi connectivity index (χ1) is 13.4. The fourth-order valence-corrected chi connectivity index (χ4v) is 4.75. The van der Waals surface area contributed by atoms with Crippen molar-refractivity contribution in [2.75, 3.05) is 18.1 Å². The Kier molecular flexibility index (Phi) is 6.91. The summed E-state index contributed by atoms with van der Waals surface area (Å²) < 4.78 is 12.1. The molecule has 148 valence electrons. The van der Waals surface area contributed by atoms with Crippen LogP contribution in [0.5, 0.6) is 11.5 Å². The number of carbonyl (C=O) groups is 2. The number of anilines is 1. The summed E-state index contributed by atoms with van der Waals surface area (Å²) in [5, 5.41) is -0.332. The minimum Gasteiger partial charge on any atom is -0.490 e. The molecule has 3 rings (SSSR count). The number of hydrogen-bond donors (Lipinski definition) is 0. The second kappa shape index (κ2) is 9.20. The number of amides is 2. The molecule has 1 saturated heterocycles. The summed E-state index contributed by atoms with van der Waals surface area (Å²) in [7, 11) is 0. The third-order valence-electron chi connectivity index (χ3n) is 4.07. The molecule has 2 aromatic carbocycles. The zero-order valence-electron chi connectivity index (χ0n) is 15.4. The molecule has 0 aliphatic carbocycles. The van der Waals surface area contributed by atoms with Crippen molar-refractivity contribution < 1.29 is 19.1 Å². The van der Waals surface area contributed by atoms with Crippen molar-refractivity contribution in [1.29, 1.82) is 0 Å². The Labute approximate surface area is 181 Å². The van der Waals surface area contributed by atoms with Crippen LogP contribution in [0.3, 0.4) is 0 Å². The molecule has 0 aromatic heterocycles. The average molecular weight is 485 g/mol. The molecule has 1 fully saturated rings. The van der Waals surface area contributed by atoms with Gasteiger partial charge in [-0.05, 0) is 72.1 Å². The van der Waals surface area contributed by atoms with Gasteiger partial charge in [-0.1, -0.05) is 29.4 Å². The number of nitrogens with zero attached hydrogens (tertiary/aromatic N) is 1. The van der Waals surface area contributed by atoms with Crippen molar-refractivity contribution in [2.24, 2.45) is 0 Å². The van der Waals surface area contributed by atoms with Crippen LogP contribution in [0.2, 0.25) is 5.02 Å². The fourth-order valence-electron chi connectivity index (χ4n) is 2.94. The topological polar surface area (TPSA) is 55.8 Å². The molecule has 1 heterocycles. The lowest BCUT2D eigenvalue weighted by Crippen LogP contribution is -2.32. The van der Waals surface area contributed by atoms with E-state index in [1.165, 1.54) is 4.90 Å². The summed E-state index contributed by atoms with van der Waals surface area (Å²) in [6.07, 6.45) is 0.400. The molecule has 0 saturated carbocycles. The van der Waals surface area contributed by atoms with Crippen molar-refractivity contribution in [1.82, 2.24) is 0 Å². The van der Waals surface area contributed by atoms with E-state index in [0.717, 1.165) is 21.8 Å². The first kappa shape index (κ1) is 21.0. The summed E-state index contributed by atoms with van der Waals surface area (Å²) in [4.78, 5) is 26.5. The van der Waals surface area contributed by atoms with Gasteiger partial charge in [-0.2, -0.15) is 0 Å². The van der Waals surface area contributed by atoms with Gasteiger partial charge >= 0.3 is 0 Å². The number of rotatable bonds is 7. The molecule has 2 amide bonds. The molecule has 8 heteroatoms. The first-order valence-corrected chi connectivity index (χ1v) is 10.9. The smallest absolute Gasteiger partial charge is 0.293 e. The van der Waals surface area contributed by atoms with Gasteiger partial charge in [0, 0.05) is 5.02 Å². The largest absolute Gasteiger partial charge is 0.490 e. The van der Waals surface area contributed by atoms with E-state index in [9.17, 15) is 9.59 Å². The number of halogens is 2. The summed E-state index contributed by atoms with van der Waals surface area (Å²) in [5.74, 6) is 0.998. The van der Waals surface area contributed by atoms with Crippen LogP contribution in [0.4, 0.5) is 10.5 Å². The van der Waals surface area contributed by atoms with Gasteiger partial charge in [0.25, 0.3) is 5.24 Å². The number of benzene rings is 2. The van der Waals surface area contributed by atoms with Crippen LogP contribution >= 0.6 is 39.3 Å². The maximum atomic E-state index is 12.9. The van der Waals surface area contributed by atoms with E-state index < -0.39 is 5.25 Å². The Morgan fingerprint density at radius 3 is 2.57 bits per heavy atom. The maximum Gasteiger partial charge on any atom is 0.293 e. The highest BCUT2D eigenvalue weighted by molar-refractivity contribution is 9.10. The summed E-state index contributed by atoms with van der Waals surface area (Å²) in [6.45, 7) is 4.81. The molecule has 2 aromatic rings. The lowest BCUT2D eigenvalue weighted by Gasteiger charge is -2.16. The van der Waals surface area contributed by atoms with Crippen LogP contribution < -0.4 is 14.4 Å². The van der Waals surface area contributed by atoms with E-state index in [4.69, 9.17) is 21.1 Å². The third-order valence-corrected chi connectivity index (χ3v) is 5.93. The highest BCUT2D eigenvalue weighted by atomic mass is 79.9. The molecule has 5 nitrogen and oxygen atoms in total. The van der Waals surface area contributed by atoms with Crippen LogP contribution in [0.25, 0.3) is 0 Å². The SMILES string of the molecule is CCOc1cc(C[C@H]2SC(=O)N(c3cccc(Cl)c3)C2=O)cc(Br)c1OCC. The summed E-state index contributed by atoms with van der Waals surface area (Å²) >= 11 is 10.5. The predicted molar refractivity (Wildman–Crippen MR) is 116 cm³/mol. The van der Waals surface area contributed by atoms with Gasteiger partial charge in [-0.25, -0.2) is 4.90 Å². The Balaban J connectivity index is 1.84. The first-order valence-electron chi connectivity index (χ1n) is 8.82. The van der Waals surface area contributed by atoms with Gasteiger partial charge in [0.15, 0.2) is 11.5 Å². The molecule has 0 spiro atoms. The molecular weight excluding hydrogens is 466 g/mol. The predicted octanol–water partition coefficient (Wildman–Crippen LogP) is 5.71. The minimum atomic E-state index is -0.509. The second-order valence-corrected chi connectivity index (χ2v) is 8.45. The molecule has 0 unspecified atom stereocenters. The average Bonchev–Trinajstić information content (AvgIpc) is 2.91. The quantitative estimate of drug-likeness (QED) is 0.504. The molecule has 0 bridgehead atoms. The number of ether oxygens (including phenoxy) is 2. The Morgan fingerprint density at radius 2 is 1.89 bits per heavy atom. The highest BCUT2D eigenvalue weighted by Gasteiger charge is 2.40. The van der Waals surface area contributed by atoms with Crippen LogP contribution in [0.15, 0.2) is 40.9 Å². The van der Waals surface area contributed by atoms with Gasteiger partial charge in [-0.15, -0.1) is 0 Å². The minimum absolute atomic E-state index is 0.250. The van der Waals surface area contributed by atoms with Crippen molar-refractivity contribution in [3.63, 3.8) is 0 Å². The molecule has 0 N–H and O–H groups in total. The highest BCUT2D eigenvalue weighted by Crippen LogP contribution is 2.39. The van der Waals surface area contributed by atoms with Crippen LogP contribution in [-0.2, 0) is 11.2 Å². The van der Waals surface area contributed by atoms with E-state index in [1.54, 1.807) is 24.3 Å². The Hall–Kier alpha value is -1.70. The molecule has 28 heavy (non-hydrogen) atoms. The zero-order valence-corrected chi connectivity index (χ0v) is 18.6. The molecule has 0 radical (unpaired) electrons. The molecule has 1 aliphatic heterocycles. The zero-order chi connectivity index (χ0) is 20.3. The van der Waals surface area contributed by atoms with Crippen molar-refractivity contribution >= 4 is 56.1 Å². The molecular formula is C20H19BrClNO4S. The van der Waals surface area contributed by atoms with Crippen molar-refractivity contribution in [3.05, 3.63) is 51.5 Å². The maximum absolute atomic E-state index is 12.9. The van der Waals surface area contributed by atoms with E-state index >= 15 is 0 Å². The van der Waals surface area contributed by atoms with Gasteiger partial charge in [0.2, 0.25) is 5.91 Å². The Morgan fingerprint density at radius 1 is 1.14 bits per heavy atom. The van der Waals surface area contributed by atoms with Gasteiger partial charge in [-0.3, -0.25) is 9.59 Å². The number of imide groups is 1. The summed E-state index contributed by atoms with van der Waals surface area (Å²) in [6, 6.07) is 10.5. The monoisotopic (exact) mass is 483 g/mol. The van der Waals surface area contributed by atoms with Crippen molar-refractivity contribution in [2.45, 2.75) is 25.5 Å². The van der Waals surface area contributed by atoms with E-state index in [1.807, 2.05) is 26.0 Å². The second-order valence-electron chi connectivity index (χ2n) is 6.00. The van der Waals surface area contributed by atoms with Gasteiger partial charge in [0.05, 0.1) is 28.6 Å². The number of hydrogen-bond acceptors (Lipinski definition) is 5. The normalized spacial score (nSPS) is 16.6. The van der Waals surface area contributed by atoms with E-state index in [-0.39, 0.29) is 11.1 Å². The van der Waals surface area contributed by atoms with Crippen molar-refractivity contribution in [3.8, 4) is 11.5 Å². The molecule has 1 atom stereocenters. The van der Waals surface area contributed by atoms with E-state index in [0.29, 0.717) is 41.8 Å². The van der Waals surface area contributed by atoms with E-state index in [2.05, 4.69) is 15.9 Å². The van der Waals surface area contributed by atoms with Crippen LogP contribution in [-0.4, -0.2) is 29.6 Å². The molecule has 1 aliphatic rings. The fraction of sp³-hybridized carbons (Fsp3) is 0.300. The lowest BCUT2D eigenvalue weighted by molar-refractivity contribution is -0.117. The van der Waals surface area contributed by atoms with Crippen LogP contribution in [0, 0.1) is 0 Å². The van der Waals surface area contributed by atoms with Crippen LogP contribution in [0.1, 0.15) is 19.4 Å². The van der Waals surface area contributed by atoms with Gasteiger partial charge in [0.1, 0.15) is 0 Å². The third kappa shape index (κ3) is 4.47. The lowest BCUT2D eigenvalue weighted by atomic mass is 10.1. The Bertz CT molecular complexity index is 908.